The van der Waals surface area contributed by atoms with Crippen LogP contribution in [-0.4, -0.2) is 49.0 Å². The number of aliphatic hydroxyl groups is 1. The van der Waals surface area contributed by atoms with Gasteiger partial charge >= 0.3 is 0 Å². The van der Waals surface area contributed by atoms with Gasteiger partial charge in [-0.25, -0.2) is 0 Å². The Kier molecular flexibility index (Phi) is 4.14. The molecule has 1 unspecified atom stereocenters. The second-order valence-electron chi connectivity index (χ2n) is 3.83. The van der Waals surface area contributed by atoms with Crippen LogP contribution in [0.3, 0.4) is 0 Å². The molecular weight excluding hydrogens is 210 g/mol. The first kappa shape index (κ1) is 11.1. The van der Waals surface area contributed by atoms with Crippen LogP contribution in [0.5, 0.6) is 0 Å². The third-order valence-electron chi connectivity index (χ3n) is 2.83. The number of hydrogen-bond acceptors (Lipinski definition) is 4. The van der Waals surface area contributed by atoms with E-state index in [0.29, 0.717) is 6.61 Å². The second kappa shape index (κ2) is 5.61. The van der Waals surface area contributed by atoms with Crippen LogP contribution in [0.15, 0.2) is 16.8 Å². The van der Waals surface area contributed by atoms with Crippen LogP contribution in [0.2, 0.25) is 0 Å². The van der Waals surface area contributed by atoms with Crippen LogP contribution in [0.25, 0.3) is 0 Å². The van der Waals surface area contributed by atoms with Crippen LogP contribution in [0.4, 0.5) is 0 Å². The molecule has 1 aliphatic heterocycles. The third kappa shape index (κ3) is 3.01. The van der Waals surface area contributed by atoms with Crippen molar-refractivity contribution in [2.75, 3.05) is 32.9 Å². The van der Waals surface area contributed by atoms with E-state index < -0.39 is 0 Å². The summed E-state index contributed by atoms with van der Waals surface area (Å²) in [4.78, 5) is 2.32. The fourth-order valence-electron chi connectivity index (χ4n) is 1.86. The largest absolute Gasteiger partial charge is 0.395 e. The first-order valence-electron chi connectivity index (χ1n) is 5.34. The molecule has 84 valence electrons. The predicted molar refractivity (Wildman–Crippen MR) is 61.3 cm³/mol. The molecule has 0 aromatic carbocycles. The average Bonchev–Trinajstić information content (AvgIpc) is 2.79. The summed E-state index contributed by atoms with van der Waals surface area (Å²) in [6.45, 7) is 3.62. The third-order valence-corrected chi connectivity index (χ3v) is 3.56. The van der Waals surface area contributed by atoms with Crippen molar-refractivity contribution in [3.05, 3.63) is 22.4 Å². The first-order valence-corrected chi connectivity index (χ1v) is 6.28. The zero-order valence-corrected chi connectivity index (χ0v) is 9.58. The molecule has 0 saturated carbocycles. The highest BCUT2D eigenvalue weighted by molar-refractivity contribution is 7.07. The van der Waals surface area contributed by atoms with Gasteiger partial charge in [0, 0.05) is 13.1 Å². The summed E-state index contributed by atoms with van der Waals surface area (Å²) in [5.74, 6) is 0. The number of ether oxygens (including phenoxy) is 1. The van der Waals surface area contributed by atoms with Crippen molar-refractivity contribution in [2.24, 2.45) is 0 Å². The Balaban J connectivity index is 1.81. The summed E-state index contributed by atoms with van der Waals surface area (Å²) < 4.78 is 5.34. The van der Waals surface area contributed by atoms with Gasteiger partial charge in [0.2, 0.25) is 0 Å². The van der Waals surface area contributed by atoms with E-state index in [4.69, 9.17) is 4.74 Å². The molecule has 0 radical (unpaired) electrons. The summed E-state index contributed by atoms with van der Waals surface area (Å²) in [5, 5.41) is 13.5. The van der Waals surface area contributed by atoms with Gasteiger partial charge < -0.3 is 9.84 Å². The van der Waals surface area contributed by atoms with Crippen molar-refractivity contribution >= 4 is 11.3 Å². The van der Waals surface area contributed by atoms with E-state index in [-0.39, 0.29) is 12.6 Å². The van der Waals surface area contributed by atoms with E-state index in [1.54, 1.807) is 11.3 Å². The van der Waals surface area contributed by atoms with Crippen molar-refractivity contribution < 1.29 is 9.84 Å². The number of nitrogens with zero attached hydrogens (tertiary/aromatic N) is 1. The number of aliphatic hydroxyl groups excluding tert-OH is 1. The van der Waals surface area contributed by atoms with E-state index in [1.807, 2.05) is 0 Å². The molecule has 4 heteroatoms. The Morgan fingerprint density at radius 3 is 3.27 bits per heavy atom. The molecule has 0 spiro atoms. The standard InChI is InChI=1S/C11H17NO2S/c13-7-11-8-14-5-4-12(11)3-1-10-2-6-15-9-10/h2,6,9,11,13H,1,3-5,7-8H2. The molecular formula is C11H17NO2S. The Hall–Kier alpha value is -0.420. The highest BCUT2D eigenvalue weighted by Crippen LogP contribution is 2.11. The van der Waals surface area contributed by atoms with Gasteiger partial charge in [-0.1, -0.05) is 0 Å². The Morgan fingerprint density at radius 2 is 2.53 bits per heavy atom. The van der Waals surface area contributed by atoms with Gasteiger partial charge in [0.15, 0.2) is 0 Å². The van der Waals surface area contributed by atoms with Crippen molar-refractivity contribution in [3.63, 3.8) is 0 Å². The topological polar surface area (TPSA) is 32.7 Å². The quantitative estimate of drug-likeness (QED) is 0.832. The van der Waals surface area contributed by atoms with Crippen molar-refractivity contribution in [1.82, 2.24) is 4.90 Å². The fraction of sp³-hybridized carbons (Fsp3) is 0.636. The lowest BCUT2D eigenvalue weighted by Crippen LogP contribution is -2.48. The van der Waals surface area contributed by atoms with Gasteiger partial charge in [0.05, 0.1) is 25.9 Å². The van der Waals surface area contributed by atoms with Crippen molar-refractivity contribution in [1.29, 1.82) is 0 Å². The van der Waals surface area contributed by atoms with Crippen LogP contribution >= 0.6 is 11.3 Å². The van der Waals surface area contributed by atoms with Crippen molar-refractivity contribution in [2.45, 2.75) is 12.5 Å². The summed E-state index contributed by atoms with van der Waals surface area (Å²) in [6.07, 6.45) is 1.07. The van der Waals surface area contributed by atoms with Crippen molar-refractivity contribution in [3.8, 4) is 0 Å². The average molecular weight is 227 g/mol. The number of morpholine rings is 1. The summed E-state index contributed by atoms with van der Waals surface area (Å²) in [6, 6.07) is 2.36. The molecule has 3 nitrogen and oxygen atoms in total. The molecule has 15 heavy (non-hydrogen) atoms. The maximum Gasteiger partial charge on any atom is 0.0644 e. The van der Waals surface area contributed by atoms with Crippen LogP contribution < -0.4 is 0 Å². The van der Waals surface area contributed by atoms with Crippen LogP contribution in [-0.2, 0) is 11.2 Å². The first-order chi connectivity index (χ1) is 7.40. The molecule has 1 atom stereocenters. The maximum absolute atomic E-state index is 9.20. The lowest BCUT2D eigenvalue weighted by molar-refractivity contribution is -0.0267. The normalized spacial score (nSPS) is 23.1. The SMILES string of the molecule is OCC1COCCN1CCc1ccsc1. The molecule has 1 N–H and O–H groups in total. The molecule has 2 heterocycles. The molecule has 1 aromatic rings. The molecule has 0 bridgehead atoms. The minimum atomic E-state index is 0.192. The fourth-order valence-corrected chi connectivity index (χ4v) is 2.56. The van der Waals surface area contributed by atoms with Crippen LogP contribution in [0.1, 0.15) is 5.56 Å². The maximum atomic E-state index is 9.20. The lowest BCUT2D eigenvalue weighted by Gasteiger charge is -2.34. The molecule has 0 amide bonds. The highest BCUT2D eigenvalue weighted by atomic mass is 32.1. The summed E-state index contributed by atoms with van der Waals surface area (Å²) >= 11 is 1.74. The summed E-state index contributed by atoms with van der Waals surface area (Å²) in [5.41, 5.74) is 1.39. The monoisotopic (exact) mass is 227 g/mol. The summed E-state index contributed by atoms with van der Waals surface area (Å²) in [7, 11) is 0. The number of rotatable bonds is 4. The number of hydrogen-bond donors (Lipinski definition) is 1. The van der Waals surface area contributed by atoms with Gasteiger partial charge in [0.1, 0.15) is 0 Å². The molecule has 1 aromatic heterocycles. The molecule has 0 aliphatic carbocycles. The smallest absolute Gasteiger partial charge is 0.0644 e. The van der Waals surface area contributed by atoms with E-state index in [9.17, 15) is 5.11 Å². The molecule has 1 saturated heterocycles. The van der Waals surface area contributed by atoms with E-state index >= 15 is 0 Å². The minimum Gasteiger partial charge on any atom is -0.395 e. The Bertz CT molecular complexity index is 276. The Morgan fingerprint density at radius 1 is 1.60 bits per heavy atom. The van der Waals surface area contributed by atoms with E-state index in [1.165, 1.54) is 5.56 Å². The molecule has 1 aliphatic rings. The zero-order valence-electron chi connectivity index (χ0n) is 8.76. The lowest BCUT2D eigenvalue weighted by atomic mass is 10.2. The van der Waals surface area contributed by atoms with Gasteiger partial charge in [-0.2, -0.15) is 11.3 Å². The molecule has 2 rings (SSSR count). The zero-order chi connectivity index (χ0) is 10.5. The van der Waals surface area contributed by atoms with Gasteiger partial charge in [0.25, 0.3) is 0 Å². The van der Waals surface area contributed by atoms with Gasteiger partial charge in [-0.05, 0) is 28.8 Å². The van der Waals surface area contributed by atoms with E-state index in [0.717, 1.165) is 26.1 Å². The van der Waals surface area contributed by atoms with Gasteiger partial charge in [-0.15, -0.1) is 0 Å². The molecule has 1 fully saturated rings. The Labute approximate surface area is 94.3 Å². The van der Waals surface area contributed by atoms with Crippen LogP contribution in [0, 0.1) is 0 Å². The predicted octanol–water partition coefficient (Wildman–Crippen LogP) is 0.984. The second-order valence-corrected chi connectivity index (χ2v) is 4.61. The minimum absolute atomic E-state index is 0.192. The van der Waals surface area contributed by atoms with E-state index in [2.05, 4.69) is 21.7 Å². The van der Waals surface area contributed by atoms with Gasteiger partial charge in [-0.3, -0.25) is 4.90 Å². The highest BCUT2D eigenvalue weighted by Gasteiger charge is 2.21. The number of thiophene rings is 1.